The van der Waals surface area contributed by atoms with Crippen LogP contribution in [0.3, 0.4) is 0 Å². The minimum atomic E-state index is -4.64. The average Bonchev–Trinajstić information content (AvgIpc) is 2.38. The van der Waals surface area contributed by atoms with E-state index in [1.165, 1.54) is 0 Å². The normalized spacial score (nSPS) is 12.4. The summed E-state index contributed by atoms with van der Waals surface area (Å²) in [6.45, 7) is 8.52. The highest BCUT2D eigenvalue weighted by molar-refractivity contribution is 6.33. The van der Waals surface area contributed by atoms with Crippen LogP contribution in [0.5, 0.6) is 0 Å². The molecule has 1 unspecified atom stereocenters. The number of hydrogen-bond acceptors (Lipinski definition) is 2. The van der Waals surface area contributed by atoms with Crippen molar-refractivity contribution >= 4 is 17.3 Å². The van der Waals surface area contributed by atoms with Gasteiger partial charge in [-0.05, 0) is 30.9 Å². The molecule has 0 amide bonds. The van der Waals surface area contributed by atoms with Crippen LogP contribution < -0.4 is 0 Å². The molecule has 0 radical (unpaired) electrons. The van der Waals surface area contributed by atoms with Gasteiger partial charge >= 0.3 is 6.18 Å². The molecule has 0 aliphatic heterocycles. The number of nitro benzene ring substituents is 1. The van der Waals surface area contributed by atoms with Crippen LogP contribution in [0.25, 0.3) is 0 Å². The van der Waals surface area contributed by atoms with E-state index in [1.807, 2.05) is 13.8 Å². The molecular formula is C14H19ClF3NO2. The van der Waals surface area contributed by atoms with Crippen molar-refractivity contribution in [1.29, 1.82) is 0 Å². The third-order valence-corrected chi connectivity index (χ3v) is 3.55. The summed E-state index contributed by atoms with van der Waals surface area (Å²) < 4.78 is 38.7. The maximum absolute atomic E-state index is 12.9. The lowest BCUT2D eigenvalue weighted by Crippen LogP contribution is -2.12. The third kappa shape index (κ3) is 4.33. The molecule has 0 aliphatic carbocycles. The predicted molar refractivity (Wildman–Crippen MR) is 77.9 cm³/mol. The van der Waals surface area contributed by atoms with Crippen molar-refractivity contribution in [2.24, 2.45) is 0 Å². The van der Waals surface area contributed by atoms with Crippen molar-refractivity contribution < 1.29 is 18.1 Å². The quantitative estimate of drug-likeness (QED) is 0.496. The first-order valence-corrected chi connectivity index (χ1v) is 7.03. The molecule has 7 heteroatoms. The summed E-state index contributed by atoms with van der Waals surface area (Å²) in [4.78, 5) is 10.1. The van der Waals surface area contributed by atoms with E-state index in [1.54, 1.807) is 13.8 Å². The molecule has 3 nitrogen and oxygen atoms in total. The van der Waals surface area contributed by atoms with Gasteiger partial charge in [0, 0.05) is 5.56 Å². The zero-order chi connectivity index (χ0) is 17.0. The second kappa shape index (κ2) is 7.64. The highest BCUT2D eigenvalue weighted by atomic mass is 35.5. The van der Waals surface area contributed by atoms with Gasteiger partial charge in [0.25, 0.3) is 5.69 Å². The molecule has 0 aromatic heterocycles. The van der Waals surface area contributed by atoms with Crippen molar-refractivity contribution in [2.45, 2.75) is 53.1 Å². The fourth-order valence-electron chi connectivity index (χ4n) is 1.85. The number of alkyl halides is 3. The van der Waals surface area contributed by atoms with Crippen molar-refractivity contribution in [3.05, 3.63) is 37.9 Å². The molecule has 0 aliphatic rings. The molecule has 21 heavy (non-hydrogen) atoms. The smallest absolute Gasteiger partial charge is 0.258 e. The number of nitrogens with zero attached hydrogens (tertiary/aromatic N) is 1. The highest BCUT2D eigenvalue weighted by Gasteiger charge is 2.38. The van der Waals surface area contributed by atoms with Gasteiger partial charge in [-0.1, -0.05) is 39.3 Å². The molecular weight excluding hydrogens is 307 g/mol. The van der Waals surface area contributed by atoms with E-state index in [0.29, 0.717) is 6.42 Å². The molecule has 0 saturated carbocycles. The molecule has 1 rings (SSSR count). The van der Waals surface area contributed by atoms with Crippen LogP contribution in [0.4, 0.5) is 18.9 Å². The van der Waals surface area contributed by atoms with Crippen molar-refractivity contribution in [1.82, 2.24) is 0 Å². The van der Waals surface area contributed by atoms with E-state index < -0.39 is 27.9 Å². The van der Waals surface area contributed by atoms with E-state index in [4.69, 9.17) is 11.6 Å². The Morgan fingerprint density at radius 3 is 2.19 bits per heavy atom. The lowest BCUT2D eigenvalue weighted by Gasteiger charge is -2.17. The van der Waals surface area contributed by atoms with Gasteiger partial charge in [0.15, 0.2) is 0 Å². The Morgan fingerprint density at radius 2 is 1.86 bits per heavy atom. The Hall–Kier alpha value is -1.30. The van der Waals surface area contributed by atoms with Gasteiger partial charge in [-0.15, -0.1) is 0 Å². The third-order valence-electron chi connectivity index (χ3n) is 3.15. The fourth-order valence-corrected chi connectivity index (χ4v) is 2.30. The molecule has 1 atom stereocenters. The first kappa shape index (κ1) is 19.7. The summed E-state index contributed by atoms with van der Waals surface area (Å²) in [5.41, 5.74) is -1.95. The summed E-state index contributed by atoms with van der Waals surface area (Å²) in [5.74, 6) is -0.284. The molecule has 0 saturated heterocycles. The lowest BCUT2D eigenvalue weighted by molar-refractivity contribution is -0.385. The Bertz CT molecular complexity index is 516. The first-order valence-electron chi connectivity index (χ1n) is 6.65. The van der Waals surface area contributed by atoms with Gasteiger partial charge in [-0.3, -0.25) is 10.1 Å². The van der Waals surface area contributed by atoms with E-state index in [0.717, 1.165) is 13.0 Å². The molecule has 0 N–H and O–H groups in total. The highest BCUT2D eigenvalue weighted by Crippen LogP contribution is 2.43. The lowest BCUT2D eigenvalue weighted by atomic mass is 9.93. The van der Waals surface area contributed by atoms with Crippen LogP contribution in [0.2, 0.25) is 5.02 Å². The fraction of sp³-hybridized carbons (Fsp3) is 0.571. The molecule has 120 valence electrons. The maximum atomic E-state index is 12.9. The summed E-state index contributed by atoms with van der Waals surface area (Å²) in [7, 11) is 0. The maximum Gasteiger partial charge on any atom is 0.416 e. The van der Waals surface area contributed by atoms with Gasteiger partial charge in [-0.25, -0.2) is 0 Å². The van der Waals surface area contributed by atoms with Gasteiger partial charge in [0.05, 0.1) is 10.5 Å². The van der Waals surface area contributed by atoms with Crippen LogP contribution in [-0.4, -0.2) is 4.92 Å². The second-order valence-corrected chi connectivity index (χ2v) is 4.74. The summed E-state index contributed by atoms with van der Waals surface area (Å²) in [6, 6.07) is 0.916. The Kier molecular flexibility index (Phi) is 7.16. The Morgan fingerprint density at radius 1 is 1.38 bits per heavy atom. The van der Waals surface area contributed by atoms with Crippen molar-refractivity contribution in [3.63, 3.8) is 0 Å². The van der Waals surface area contributed by atoms with E-state index >= 15 is 0 Å². The van der Waals surface area contributed by atoms with Crippen molar-refractivity contribution in [2.75, 3.05) is 0 Å². The Labute approximate surface area is 127 Å². The van der Waals surface area contributed by atoms with E-state index in [-0.39, 0.29) is 16.5 Å². The number of nitro groups is 1. The van der Waals surface area contributed by atoms with Crippen LogP contribution >= 0.6 is 11.6 Å². The zero-order valence-electron chi connectivity index (χ0n) is 12.6. The van der Waals surface area contributed by atoms with E-state index in [9.17, 15) is 23.3 Å². The van der Waals surface area contributed by atoms with Crippen LogP contribution in [0.15, 0.2) is 6.07 Å². The molecule has 0 spiro atoms. The number of hydrogen-bond donors (Lipinski definition) is 0. The monoisotopic (exact) mass is 325 g/mol. The number of benzene rings is 1. The van der Waals surface area contributed by atoms with Gasteiger partial charge in [0.2, 0.25) is 0 Å². The number of rotatable bonds is 3. The van der Waals surface area contributed by atoms with Crippen LogP contribution in [-0.2, 0) is 6.18 Å². The predicted octanol–water partition coefficient (Wildman–Crippen LogP) is 6.12. The Balaban J connectivity index is 0.00000191. The molecule has 0 heterocycles. The van der Waals surface area contributed by atoms with Gasteiger partial charge in [0.1, 0.15) is 5.02 Å². The molecule has 1 aromatic rings. The molecule has 1 aromatic carbocycles. The van der Waals surface area contributed by atoms with Crippen LogP contribution in [0, 0.1) is 17.0 Å². The van der Waals surface area contributed by atoms with Crippen molar-refractivity contribution in [3.8, 4) is 0 Å². The second-order valence-electron chi connectivity index (χ2n) is 4.37. The summed E-state index contributed by atoms with van der Waals surface area (Å²) in [6.07, 6.45) is -4.10. The SMILES string of the molecule is CC.CCC(C)c1cc(C(F)(F)F)c(C)c([N+](=O)[O-])c1Cl. The van der Waals surface area contributed by atoms with Crippen LogP contribution in [0.1, 0.15) is 56.7 Å². The zero-order valence-corrected chi connectivity index (χ0v) is 13.4. The average molecular weight is 326 g/mol. The minimum Gasteiger partial charge on any atom is -0.258 e. The van der Waals surface area contributed by atoms with E-state index in [2.05, 4.69) is 0 Å². The van der Waals surface area contributed by atoms with Gasteiger partial charge < -0.3 is 0 Å². The molecule has 0 fully saturated rings. The number of halogens is 4. The van der Waals surface area contributed by atoms with Gasteiger partial charge in [-0.2, -0.15) is 13.2 Å². The topological polar surface area (TPSA) is 43.1 Å². The minimum absolute atomic E-state index is 0.161. The summed E-state index contributed by atoms with van der Waals surface area (Å²) >= 11 is 5.90. The molecule has 0 bridgehead atoms. The largest absolute Gasteiger partial charge is 0.416 e. The first-order chi connectivity index (χ1) is 9.61. The standard InChI is InChI=1S/C12H13ClF3NO2.C2H6/c1-4-6(2)8-5-9(12(14,15)16)7(3)11(10(8)13)17(18)19;1-2/h5-6H,4H2,1-3H3;1-2H3. The summed E-state index contributed by atoms with van der Waals surface area (Å²) in [5, 5.41) is 10.7.